The average Bonchev–Trinajstić information content (AvgIpc) is 2.77. The zero-order chi connectivity index (χ0) is 23.5. The Labute approximate surface area is 188 Å². The van der Waals surface area contributed by atoms with Gasteiger partial charge in [0.05, 0.1) is 19.1 Å². The van der Waals surface area contributed by atoms with E-state index in [9.17, 15) is 26.4 Å². The van der Waals surface area contributed by atoms with Crippen molar-refractivity contribution in [2.24, 2.45) is 0 Å². The molecule has 3 rings (SSSR count). The fourth-order valence-electron chi connectivity index (χ4n) is 3.25. The van der Waals surface area contributed by atoms with E-state index in [1.54, 1.807) is 18.2 Å². The normalized spacial score (nSPS) is 15.5. The van der Waals surface area contributed by atoms with Gasteiger partial charge in [-0.15, -0.1) is 0 Å². The number of hydrogen-bond donors (Lipinski definition) is 0. The molecule has 12 heteroatoms. The number of ether oxygens (including phenoxy) is 2. The molecule has 0 radical (unpaired) electrons. The Kier molecular flexibility index (Phi) is 7.25. The molecular formula is C20H21F3N2O5S2. The first kappa shape index (κ1) is 24.2. The van der Waals surface area contributed by atoms with Crippen molar-refractivity contribution >= 4 is 27.7 Å². The van der Waals surface area contributed by atoms with Gasteiger partial charge in [0.25, 0.3) is 5.91 Å². The quantitative estimate of drug-likeness (QED) is 0.578. The van der Waals surface area contributed by atoms with Crippen LogP contribution < -0.4 is 9.47 Å². The fourth-order valence-corrected chi connectivity index (χ4v) is 5.21. The Hall–Kier alpha value is -2.44. The molecule has 0 aliphatic carbocycles. The highest BCUT2D eigenvalue weighted by molar-refractivity contribution is 8.00. The number of rotatable bonds is 6. The van der Waals surface area contributed by atoms with Gasteiger partial charge in [-0.25, -0.2) is 8.42 Å². The number of hydrogen-bond acceptors (Lipinski definition) is 6. The molecule has 0 spiro atoms. The van der Waals surface area contributed by atoms with E-state index in [0.717, 1.165) is 24.3 Å². The Bertz CT molecular complexity index is 1070. The molecule has 1 fully saturated rings. The minimum atomic E-state index is -4.45. The van der Waals surface area contributed by atoms with Crippen LogP contribution in [0.25, 0.3) is 0 Å². The molecule has 2 aromatic carbocycles. The van der Waals surface area contributed by atoms with Crippen molar-refractivity contribution in [3.63, 3.8) is 0 Å². The van der Waals surface area contributed by atoms with Crippen LogP contribution >= 0.6 is 11.8 Å². The molecule has 2 aromatic rings. The van der Waals surface area contributed by atoms with Crippen molar-refractivity contribution in [2.45, 2.75) is 15.3 Å². The van der Waals surface area contributed by atoms with Gasteiger partial charge in [-0.3, -0.25) is 4.79 Å². The number of alkyl halides is 3. The van der Waals surface area contributed by atoms with Gasteiger partial charge in [0, 0.05) is 36.6 Å². The summed E-state index contributed by atoms with van der Waals surface area (Å²) in [6.07, 6.45) is 0. The smallest absolute Gasteiger partial charge is 0.446 e. The maximum absolute atomic E-state index is 12.8. The lowest BCUT2D eigenvalue weighted by Gasteiger charge is -2.34. The first-order valence-corrected chi connectivity index (χ1v) is 11.7. The van der Waals surface area contributed by atoms with Gasteiger partial charge >= 0.3 is 5.51 Å². The summed E-state index contributed by atoms with van der Waals surface area (Å²) in [5, 5.41) is 0. The number of amides is 1. The van der Waals surface area contributed by atoms with Gasteiger partial charge in [-0.05, 0) is 54.2 Å². The maximum atomic E-state index is 12.8. The summed E-state index contributed by atoms with van der Waals surface area (Å²) in [6.45, 7) is 0.490. The van der Waals surface area contributed by atoms with Crippen molar-refractivity contribution in [3.8, 4) is 11.5 Å². The molecule has 0 atom stereocenters. The molecule has 0 aromatic heterocycles. The van der Waals surface area contributed by atoms with Crippen LogP contribution in [0.1, 0.15) is 10.4 Å². The van der Waals surface area contributed by atoms with Crippen LogP contribution in [0.2, 0.25) is 0 Å². The van der Waals surface area contributed by atoms with Crippen molar-refractivity contribution in [2.75, 3.05) is 40.4 Å². The summed E-state index contributed by atoms with van der Waals surface area (Å²) in [6, 6.07) is 9.35. The van der Waals surface area contributed by atoms with Crippen LogP contribution in [0.15, 0.2) is 52.3 Å². The van der Waals surface area contributed by atoms with E-state index in [2.05, 4.69) is 0 Å². The summed E-state index contributed by atoms with van der Waals surface area (Å²) in [5.74, 6) is 0.628. The fraction of sp³-hybridized carbons (Fsp3) is 0.350. The molecule has 0 saturated carbocycles. The highest BCUT2D eigenvalue weighted by Crippen LogP contribution is 2.37. The number of halogens is 3. The van der Waals surface area contributed by atoms with Crippen LogP contribution in [0.4, 0.5) is 13.2 Å². The first-order valence-electron chi connectivity index (χ1n) is 9.42. The molecule has 0 bridgehead atoms. The van der Waals surface area contributed by atoms with E-state index < -0.39 is 15.5 Å². The van der Waals surface area contributed by atoms with Crippen molar-refractivity contribution in [1.29, 1.82) is 0 Å². The number of nitrogens with zero attached hydrogens (tertiary/aromatic N) is 2. The molecule has 1 saturated heterocycles. The standard InChI is InChI=1S/C20H21F3N2O5S2/c1-29-17-8-3-14(13-18(17)30-2)19(26)24-9-11-25(12-10-24)32(27,28)16-6-4-15(5-7-16)31-20(21,22)23/h3-8,13H,9-12H2,1-2H3. The molecule has 0 unspecified atom stereocenters. The van der Waals surface area contributed by atoms with Crippen LogP contribution in [0, 0.1) is 0 Å². The number of carbonyl (C=O) groups is 1. The van der Waals surface area contributed by atoms with Gasteiger partial charge in [0.2, 0.25) is 10.0 Å². The van der Waals surface area contributed by atoms with Gasteiger partial charge in [0.1, 0.15) is 0 Å². The van der Waals surface area contributed by atoms with Crippen molar-refractivity contribution in [3.05, 3.63) is 48.0 Å². The highest BCUT2D eigenvalue weighted by atomic mass is 32.2. The monoisotopic (exact) mass is 490 g/mol. The molecule has 1 aliphatic heterocycles. The van der Waals surface area contributed by atoms with Gasteiger partial charge in [0.15, 0.2) is 11.5 Å². The van der Waals surface area contributed by atoms with Gasteiger partial charge < -0.3 is 14.4 Å². The summed E-state index contributed by atoms with van der Waals surface area (Å²) >= 11 is -0.307. The second-order valence-electron chi connectivity index (χ2n) is 6.79. The number of methoxy groups -OCH3 is 2. The lowest BCUT2D eigenvalue weighted by molar-refractivity contribution is -0.0328. The van der Waals surface area contributed by atoms with Crippen LogP contribution in [0.5, 0.6) is 11.5 Å². The summed E-state index contributed by atoms with van der Waals surface area (Å²) in [7, 11) is -0.937. The molecule has 0 N–H and O–H groups in total. The van der Waals surface area contributed by atoms with Gasteiger partial charge in [-0.1, -0.05) is 0 Å². The van der Waals surface area contributed by atoms with Crippen LogP contribution in [-0.4, -0.2) is 69.4 Å². The largest absolute Gasteiger partial charge is 0.493 e. The summed E-state index contributed by atoms with van der Waals surface area (Å²) < 4.78 is 74.7. The summed E-state index contributed by atoms with van der Waals surface area (Å²) in [4.78, 5) is 14.2. The lowest BCUT2D eigenvalue weighted by atomic mass is 10.1. The number of benzene rings is 2. The number of carbonyl (C=O) groups excluding carboxylic acids is 1. The molecular weight excluding hydrogens is 469 g/mol. The number of piperazine rings is 1. The highest BCUT2D eigenvalue weighted by Gasteiger charge is 2.32. The molecule has 1 heterocycles. The Morgan fingerprint density at radius 1 is 0.938 bits per heavy atom. The Morgan fingerprint density at radius 2 is 1.53 bits per heavy atom. The van der Waals surface area contributed by atoms with Crippen LogP contribution in [0.3, 0.4) is 0 Å². The second-order valence-corrected chi connectivity index (χ2v) is 9.86. The van der Waals surface area contributed by atoms with Crippen LogP contribution in [-0.2, 0) is 10.0 Å². The number of thioether (sulfide) groups is 1. The minimum Gasteiger partial charge on any atom is -0.493 e. The molecule has 1 aliphatic rings. The third-order valence-corrected chi connectivity index (χ3v) is 7.50. The molecule has 32 heavy (non-hydrogen) atoms. The predicted octanol–water partition coefficient (Wildman–Crippen LogP) is 3.46. The number of sulfonamides is 1. The van der Waals surface area contributed by atoms with Crippen molar-refractivity contribution < 1.29 is 35.9 Å². The minimum absolute atomic E-state index is 0.0699. The third-order valence-electron chi connectivity index (χ3n) is 4.85. The van der Waals surface area contributed by atoms with E-state index >= 15 is 0 Å². The Balaban J connectivity index is 1.66. The second kappa shape index (κ2) is 9.59. The van der Waals surface area contributed by atoms with E-state index in [1.165, 1.54) is 23.4 Å². The third kappa shape index (κ3) is 5.48. The van der Waals surface area contributed by atoms with Gasteiger partial charge in [-0.2, -0.15) is 17.5 Å². The zero-order valence-electron chi connectivity index (χ0n) is 17.3. The lowest BCUT2D eigenvalue weighted by Crippen LogP contribution is -2.50. The maximum Gasteiger partial charge on any atom is 0.446 e. The first-order chi connectivity index (χ1) is 15.0. The SMILES string of the molecule is COc1ccc(C(=O)N2CCN(S(=O)(=O)c3ccc(SC(F)(F)F)cc3)CC2)cc1OC. The van der Waals surface area contributed by atoms with E-state index in [-0.39, 0.29) is 53.6 Å². The molecule has 7 nitrogen and oxygen atoms in total. The zero-order valence-corrected chi connectivity index (χ0v) is 18.9. The topological polar surface area (TPSA) is 76.2 Å². The summed E-state index contributed by atoms with van der Waals surface area (Å²) in [5.41, 5.74) is -4.06. The molecule has 1 amide bonds. The van der Waals surface area contributed by atoms with E-state index in [4.69, 9.17) is 9.47 Å². The average molecular weight is 491 g/mol. The Morgan fingerprint density at radius 3 is 2.06 bits per heavy atom. The van der Waals surface area contributed by atoms with Crippen molar-refractivity contribution in [1.82, 2.24) is 9.21 Å². The van der Waals surface area contributed by atoms with E-state index in [0.29, 0.717) is 17.1 Å². The van der Waals surface area contributed by atoms with E-state index in [1.807, 2.05) is 0 Å². The predicted molar refractivity (Wildman–Crippen MR) is 113 cm³/mol. The molecule has 174 valence electrons.